The number of nitrogens with two attached hydrogens (primary N) is 1. The first-order valence-corrected chi connectivity index (χ1v) is 9.71. The third-order valence-corrected chi connectivity index (χ3v) is 7.15. The molecule has 1 saturated carbocycles. The van der Waals surface area contributed by atoms with Crippen molar-refractivity contribution in [3.8, 4) is 0 Å². The van der Waals surface area contributed by atoms with E-state index >= 15 is 0 Å². The molecule has 5 heteroatoms. The summed E-state index contributed by atoms with van der Waals surface area (Å²) < 4.78 is 25.6. The van der Waals surface area contributed by atoms with Crippen LogP contribution >= 0.6 is 11.6 Å². The van der Waals surface area contributed by atoms with Crippen LogP contribution in [0.2, 0.25) is 5.02 Å². The lowest BCUT2D eigenvalue weighted by Crippen LogP contribution is -2.40. The van der Waals surface area contributed by atoms with Gasteiger partial charge in [0.25, 0.3) is 0 Å². The second-order valence-electron chi connectivity index (χ2n) is 6.06. The predicted molar refractivity (Wildman–Crippen MR) is 88.0 cm³/mol. The summed E-state index contributed by atoms with van der Waals surface area (Å²) in [6.07, 6.45) is 3.84. The van der Waals surface area contributed by atoms with Gasteiger partial charge in [-0.1, -0.05) is 43.5 Å². The highest BCUT2D eigenvalue weighted by Crippen LogP contribution is 2.35. The number of benzene rings is 1. The molecule has 0 amide bonds. The standard InChI is InChI=1S/C16H24ClNO2S/c1-2-12-3-6-14(10-18)16(9-12)21(19,20)11-13-4-7-15(17)8-5-13/h4-5,7-8,12,14,16H,2-3,6,9-11,18H2,1H3. The van der Waals surface area contributed by atoms with E-state index in [0.29, 0.717) is 17.5 Å². The van der Waals surface area contributed by atoms with E-state index in [4.69, 9.17) is 17.3 Å². The zero-order chi connectivity index (χ0) is 15.5. The third kappa shape index (κ3) is 4.21. The molecule has 1 aliphatic rings. The lowest BCUT2D eigenvalue weighted by molar-refractivity contribution is 0.275. The van der Waals surface area contributed by atoms with E-state index in [-0.39, 0.29) is 16.9 Å². The van der Waals surface area contributed by atoms with Gasteiger partial charge in [0, 0.05) is 5.02 Å². The maximum Gasteiger partial charge on any atom is 0.157 e. The molecule has 0 heterocycles. The van der Waals surface area contributed by atoms with Crippen molar-refractivity contribution in [3.05, 3.63) is 34.9 Å². The molecule has 3 atom stereocenters. The van der Waals surface area contributed by atoms with Gasteiger partial charge < -0.3 is 5.73 Å². The van der Waals surface area contributed by atoms with Gasteiger partial charge in [-0.05, 0) is 48.9 Å². The zero-order valence-electron chi connectivity index (χ0n) is 12.5. The SMILES string of the molecule is CCC1CCC(CN)C(S(=O)(=O)Cc2ccc(Cl)cc2)C1. The Morgan fingerprint density at radius 3 is 2.48 bits per heavy atom. The molecule has 21 heavy (non-hydrogen) atoms. The highest BCUT2D eigenvalue weighted by atomic mass is 35.5. The van der Waals surface area contributed by atoms with Crippen molar-refractivity contribution >= 4 is 21.4 Å². The smallest absolute Gasteiger partial charge is 0.157 e. The minimum absolute atomic E-state index is 0.0851. The maximum atomic E-state index is 12.8. The molecule has 0 spiro atoms. The van der Waals surface area contributed by atoms with Gasteiger partial charge in [-0.2, -0.15) is 0 Å². The fraction of sp³-hybridized carbons (Fsp3) is 0.625. The lowest BCUT2D eigenvalue weighted by atomic mass is 9.80. The van der Waals surface area contributed by atoms with Crippen molar-refractivity contribution in [1.29, 1.82) is 0 Å². The van der Waals surface area contributed by atoms with Crippen molar-refractivity contribution in [3.63, 3.8) is 0 Å². The average molecular weight is 330 g/mol. The molecular weight excluding hydrogens is 306 g/mol. The van der Waals surface area contributed by atoms with Gasteiger partial charge in [-0.15, -0.1) is 0 Å². The Morgan fingerprint density at radius 2 is 1.90 bits per heavy atom. The fourth-order valence-corrected chi connectivity index (χ4v) is 5.67. The van der Waals surface area contributed by atoms with Crippen molar-refractivity contribution in [1.82, 2.24) is 0 Å². The van der Waals surface area contributed by atoms with Gasteiger partial charge in [0.15, 0.2) is 9.84 Å². The summed E-state index contributed by atoms with van der Waals surface area (Å²) >= 11 is 5.85. The molecule has 0 bridgehead atoms. The van der Waals surface area contributed by atoms with Gasteiger partial charge in [0.1, 0.15) is 0 Å². The highest BCUT2D eigenvalue weighted by Gasteiger charge is 2.37. The van der Waals surface area contributed by atoms with Crippen LogP contribution in [0.4, 0.5) is 0 Å². The third-order valence-electron chi connectivity index (χ3n) is 4.66. The topological polar surface area (TPSA) is 60.2 Å². The van der Waals surface area contributed by atoms with Crippen LogP contribution in [0.3, 0.4) is 0 Å². The highest BCUT2D eigenvalue weighted by molar-refractivity contribution is 7.91. The molecule has 1 fully saturated rings. The van der Waals surface area contributed by atoms with E-state index in [1.165, 1.54) is 0 Å². The van der Waals surface area contributed by atoms with Gasteiger partial charge in [-0.3, -0.25) is 0 Å². The van der Waals surface area contributed by atoms with Crippen molar-refractivity contribution < 1.29 is 8.42 Å². The molecule has 0 saturated heterocycles. The van der Waals surface area contributed by atoms with Crippen LogP contribution in [-0.2, 0) is 15.6 Å². The van der Waals surface area contributed by atoms with Crippen LogP contribution in [0.5, 0.6) is 0 Å². The van der Waals surface area contributed by atoms with E-state index in [1.807, 2.05) is 0 Å². The van der Waals surface area contributed by atoms with Crippen LogP contribution in [0.1, 0.15) is 38.2 Å². The lowest BCUT2D eigenvalue weighted by Gasteiger charge is -2.35. The van der Waals surface area contributed by atoms with Crippen LogP contribution < -0.4 is 5.73 Å². The summed E-state index contributed by atoms with van der Waals surface area (Å²) in [5.41, 5.74) is 6.61. The van der Waals surface area contributed by atoms with Crippen molar-refractivity contribution in [2.75, 3.05) is 6.54 Å². The Labute approximate surface area is 132 Å². The Balaban J connectivity index is 2.17. The van der Waals surface area contributed by atoms with Crippen LogP contribution in [0, 0.1) is 11.8 Å². The van der Waals surface area contributed by atoms with Gasteiger partial charge >= 0.3 is 0 Å². The average Bonchev–Trinajstić information content (AvgIpc) is 2.48. The second kappa shape index (κ2) is 7.12. The van der Waals surface area contributed by atoms with Crippen LogP contribution in [-0.4, -0.2) is 20.2 Å². The normalized spacial score (nSPS) is 26.7. The Hall–Kier alpha value is -0.580. The van der Waals surface area contributed by atoms with Gasteiger partial charge in [0.05, 0.1) is 11.0 Å². The first-order valence-electron chi connectivity index (χ1n) is 7.62. The van der Waals surface area contributed by atoms with Crippen LogP contribution in [0.15, 0.2) is 24.3 Å². The minimum Gasteiger partial charge on any atom is -0.330 e. The second-order valence-corrected chi connectivity index (χ2v) is 8.71. The number of rotatable bonds is 5. The first-order chi connectivity index (χ1) is 9.96. The van der Waals surface area contributed by atoms with Gasteiger partial charge in [-0.25, -0.2) is 8.42 Å². The monoisotopic (exact) mass is 329 g/mol. The summed E-state index contributed by atoms with van der Waals surface area (Å²) in [6, 6.07) is 7.06. The molecular formula is C16H24ClNO2S. The Bertz CT molecular complexity index is 556. The number of hydrogen-bond donors (Lipinski definition) is 1. The number of sulfone groups is 1. The molecule has 1 aromatic carbocycles. The molecule has 0 aromatic heterocycles. The quantitative estimate of drug-likeness (QED) is 0.900. The maximum absolute atomic E-state index is 12.8. The summed E-state index contributed by atoms with van der Waals surface area (Å²) in [4.78, 5) is 0. The molecule has 2 N–H and O–H groups in total. The summed E-state index contributed by atoms with van der Waals surface area (Å²) in [6.45, 7) is 2.59. The fourth-order valence-electron chi connectivity index (χ4n) is 3.27. The van der Waals surface area contributed by atoms with E-state index < -0.39 is 9.84 Å². The summed E-state index contributed by atoms with van der Waals surface area (Å²) in [7, 11) is -3.18. The van der Waals surface area contributed by atoms with Crippen molar-refractivity contribution in [2.24, 2.45) is 17.6 Å². The van der Waals surface area contributed by atoms with Crippen molar-refractivity contribution in [2.45, 2.75) is 43.6 Å². The molecule has 1 aliphatic carbocycles. The number of halogens is 1. The zero-order valence-corrected chi connectivity index (χ0v) is 14.0. The Morgan fingerprint density at radius 1 is 1.24 bits per heavy atom. The molecule has 2 rings (SSSR count). The van der Waals surface area contributed by atoms with Gasteiger partial charge in [0.2, 0.25) is 0 Å². The summed E-state index contributed by atoms with van der Waals surface area (Å²) in [5.74, 6) is 0.699. The molecule has 3 nitrogen and oxygen atoms in total. The number of hydrogen-bond acceptors (Lipinski definition) is 3. The van der Waals surface area contributed by atoms with E-state index in [1.54, 1.807) is 24.3 Å². The minimum atomic E-state index is -3.18. The van der Waals surface area contributed by atoms with Crippen LogP contribution in [0.25, 0.3) is 0 Å². The molecule has 1 aromatic rings. The first kappa shape index (κ1) is 16.8. The van der Waals surface area contributed by atoms with E-state index in [2.05, 4.69) is 6.92 Å². The Kier molecular flexibility index (Phi) is 5.69. The molecule has 118 valence electrons. The summed E-state index contributed by atoms with van der Waals surface area (Å²) in [5, 5.41) is 0.330. The molecule has 0 aliphatic heterocycles. The van der Waals surface area contributed by atoms with E-state index in [9.17, 15) is 8.42 Å². The van der Waals surface area contributed by atoms with E-state index in [0.717, 1.165) is 31.2 Å². The largest absolute Gasteiger partial charge is 0.330 e. The molecule has 0 radical (unpaired) electrons. The predicted octanol–water partition coefficient (Wildman–Crippen LogP) is 3.41. The molecule has 3 unspecified atom stereocenters.